The van der Waals surface area contributed by atoms with Gasteiger partial charge in [0.25, 0.3) is 0 Å². The van der Waals surface area contributed by atoms with E-state index in [1.54, 1.807) is 12.4 Å². The highest BCUT2D eigenvalue weighted by Crippen LogP contribution is 2.26. The van der Waals surface area contributed by atoms with Gasteiger partial charge in [0.15, 0.2) is 0 Å². The highest BCUT2D eigenvalue weighted by molar-refractivity contribution is 5.94. The third-order valence-corrected chi connectivity index (χ3v) is 3.63. The van der Waals surface area contributed by atoms with Crippen molar-refractivity contribution >= 4 is 17.6 Å². The molecule has 6 heteroatoms. The van der Waals surface area contributed by atoms with Gasteiger partial charge in [0.1, 0.15) is 0 Å². The minimum Gasteiger partial charge on any atom is -0.356 e. The van der Waals surface area contributed by atoms with E-state index in [4.69, 9.17) is 0 Å². The van der Waals surface area contributed by atoms with Crippen molar-refractivity contribution in [1.29, 1.82) is 0 Å². The molecule has 0 saturated carbocycles. The summed E-state index contributed by atoms with van der Waals surface area (Å²) in [5, 5.41) is 8.49. The fourth-order valence-corrected chi connectivity index (χ4v) is 2.25. The number of hydrogen-bond acceptors (Lipinski definition) is 3. The summed E-state index contributed by atoms with van der Waals surface area (Å²) in [5.74, 6) is -0.00308. The number of rotatable bonds is 7. The number of amides is 3. The van der Waals surface area contributed by atoms with Crippen molar-refractivity contribution in [1.82, 2.24) is 15.6 Å². The molecule has 132 valence electrons. The van der Waals surface area contributed by atoms with Crippen molar-refractivity contribution in [3.63, 3.8) is 0 Å². The number of urea groups is 1. The Morgan fingerprint density at radius 2 is 1.68 bits per heavy atom. The number of pyridine rings is 1. The summed E-state index contributed by atoms with van der Waals surface area (Å²) in [6.45, 7) is 4.73. The number of carbonyl (C=O) groups excluding carboxylic acids is 2. The Hall–Kier alpha value is -2.89. The molecule has 25 heavy (non-hydrogen) atoms. The molecule has 3 amide bonds. The normalized spacial score (nSPS) is 10.4. The van der Waals surface area contributed by atoms with E-state index < -0.39 is 0 Å². The van der Waals surface area contributed by atoms with E-state index in [1.165, 1.54) is 0 Å². The average molecular weight is 340 g/mol. The van der Waals surface area contributed by atoms with Crippen LogP contribution in [-0.2, 0) is 4.79 Å². The molecular weight excluding hydrogens is 316 g/mol. The van der Waals surface area contributed by atoms with Crippen molar-refractivity contribution in [2.24, 2.45) is 5.92 Å². The molecule has 0 saturated heterocycles. The van der Waals surface area contributed by atoms with Crippen LogP contribution in [0.25, 0.3) is 11.1 Å². The maximum Gasteiger partial charge on any atom is 0.319 e. The Morgan fingerprint density at radius 1 is 1.00 bits per heavy atom. The van der Waals surface area contributed by atoms with Gasteiger partial charge in [-0.05, 0) is 30.2 Å². The van der Waals surface area contributed by atoms with E-state index in [0.717, 1.165) is 16.8 Å². The molecule has 0 aliphatic heterocycles. The van der Waals surface area contributed by atoms with Gasteiger partial charge in [0, 0.05) is 37.0 Å². The second-order valence-electron chi connectivity index (χ2n) is 5.96. The zero-order valence-corrected chi connectivity index (χ0v) is 14.6. The van der Waals surface area contributed by atoms with E-state index in [9.17, 15) is 9.59 Å². The van der Waals surface area contributed by atoms with Crippen LogP contribution in [-0.4, -0.2) is 30.0 Å². The van der Waals surface area contributed by atoms with Crippen molar-refractivity contribution in [2.75, 3.05) is 18.4 Å². The zero-order valence-electron chi connectivity index (χ0n) is 14.6. The molecule has 0 bridgehead atoms. The number of hydrogen-bond donors (Lipinski definition) is 3. The maximum absolute atomic E-state index is 12.1. The van der Waals surface area contributed by atoms with Crippen molar-refractivity contribution in [2.45, 2.75) is 20.3 Å². The molecule has 2 rings (SSSR count). The van der Waals surface area contributed by atoms with Crippen LogP contribution in [0.4, 0.5) is 10.5 Å². The molecule has 0 spiro atoms. The lowest BCUT2D eigenvalue weighted by molar-refractivity contribution is -0.123. The van der Waals surface area contributed by atoms with E-state index in [-0.39, 0.29) is 17.9 Å². The van der Waals surface area contributed by atoms with Gasteiger partial charge >= 0.3 is 6.03 Å². The maximum atomic E-state index is 12.1. The largest absolute Gasteiger partial charge is 0.356 e. The van der Waals surface area contributed by atoms with Gasteiger partial charge in [-0.3, -0.25) is 9.78 Å². The molecule has 0 radical (unpaired) electrons. The minimum absolute atomic E-state index is 0.0238. The van der Waals surface area contributed by atoms with Crippen LogP contribution >= 0.6 is 0 Å². The summed E-state index contributed by atoms with van der Waals surface area (Å²) in [4.78, 5) is 27.5. The van der Waals surface area contributed by atoms with Gasteiger partial charge in [0.05, 0.1) is 5.69 Å². The van der Waals surface area contributed by atoms with Gasteiger partial charge in [-0.2, -0.15) is 0 Å². The Morgan fingerprint density at radius 3 is 2.40 bits per heavy atom. The third-order valence-electron chi connectivity index (χ3n) is 3.63. The number of aromatic nitrogens is 1. The molecule has 0 fully saturated rings. The van der Waals surface area contributed by atoms with Gasteiger partial charge in [-0.25, -0.2) is 4.79 Å². The Bertz CT molecular complexity index is 702. The minimum atomic E-state index is -0.267. The van der Waals surface area contributed by atoms with Crippen LogP contribution in [0.15, 0.2) is 48.8 Å². The van der Waals surface area contributed by atoms with Crippen LogP contribution in [0.5, 0.6) is 0 Å². The number of anilines is 1. The van der Waals surface area contributed by atoms with Gasteiger partial charge in [-0.1, -0.05) is 32.0 Å². The molecule has 1 heterocycles. The second-order valence-corrected chi connectivity index (χ2v) is 5.96. The summed E-state index contributed by atoms with van der Waals surface area (Å²) >= 11 is 0. The first-order valence-electron chi connectivity index (χ1n) is 8.40. The first-order valence-corrected chi connectivity index (χ1v) is 8.40. The lowest BCUT2D eigenvalue weighted by atomic mass is 10.1. The van der Waals surface area contributed by atoms with Crippen LogP contribution < -0.4 is 16.0 Å². The molecular formula is C19H24N4O2. The third kappa shape index (κ3) is 5.91. The van der Waals surface area contributed by atoms with Crippen LogP contribution in [0.1, 0.15) is 20.3 Å². The molecule has 0 aliphatic rings. The number of nitrogens with one attached hydrogen (secondary N) is 3. The van der Waals surface area contributed by atoms with Gasteiger partial charge in [0.2, 0.25) is 5.91 Å². The SMILES string of the molecule is CC(C)C(=O)NCCCNC(=O)Nc1ccccc1-c1ccncc1. The molecule has 3 N–H and O–H groups in total. The quantitative estimate of drug-likeness (QED) is 0.678. The molecule has 0 atom stereocenters. The summed E-state index contributed by atoms with van der Waals surface area (Å²) in [5.41, 5.74) is 2.66. The second kappa shape index (κ2) is 9.42. The van der Waals surface area contributed by atoms with E-state index in [1.807, 2.05) is 50.2 Å². The van der Waals surface area contributed by atoms with Crippen molar-refractivity contribution in [3.8, 4) is 11.1 Å². The fraction of sp³-hybridized carbons (Fsp3) is 0.316. The fourth-order valence-electron chi connectivity index (χ4n) is 2.25. The first-order chi connectivity index (χ1) is 12.1. The van der Waals surface area contributed by atoms with E-state index in [2.05, 4.69) is 20.9 Å². The molecule has 1 aromatic carbocycles. The lowest BCUT2D eigenvalue weighted by Crippen LogP contribution is -2.33. The average Bonchev–Trinajstić information content (AvgIpc) is 2.62. The predicted molar refractivity (Wildman–Crippen MR) is 99.2 cm³/mol. The molecule has 0 unspecified atom stereocenters. The number of benzene rings is 1. The summed E-state index contributed by atoms with van der Waals surface area (Å²) in [6.07, 6.45) is 4.12. The van der Waals surface area contributed by atoms with Gasteiger partial charge in [-0.15, -0.1) is 0 Å². The van der Waals surface area contributed by atoms with Gasteiger partial charge < -0.3 is 16.0 Å². The highest BCUT2D eigenvalue weighted by Gasteiger charge is 2.08. The van der Waals surface area contributed by atoms with Crippen LogP contribution in [0.3, 0.4) is 0 Å². The Balaban J connectivity index is 1.82. The predicted octanol–water partition coefficient (Wildman–Crippen LogP) is 3.03. The Kier molecular flexibility index (Phi) is 6.95. The zero-order chi connectivity index (χ0) is 18.1. The highest BCUT2D eigenvalue weighted by atomic mass is 16.2. The molecule has 6 nitrogen and oxygen atoms in total. The topological polar surface area (TPSA) is 83.1 Å². The lowest BCUT2D eigenvalue weighted by Gasteiger charge is -2.12. The van der Waals surface area contributed by atoms with E-state index in [0.29, 0.717) is 19.5 Å². The smallest absolute Gasteiger partial charge is 0.319 e. The number of carbonyl (C=O) groups is 2. The molecule has 0 aliphatic carbocycles. The Labute approximate surface area is 148 Å². The summed E-state index contributed by atoms with van der Waals surface area (Å²) in [6, 6.07) is 11.1. The first kappa shape index (κ1) is 18.4. The van der Waals surface area contributed by atoms with E-state index >= 15 is 0 Å². The van der Waals surface area contributed by atoms with Crippen LogP contribution in [0, 0.1) is 5.92 Å². The monoisotopic (exact) mass is 340 g/mol. The molecule has 1 aromatic heterocycles. The van der Waals surface area contributed by atoms with Crippen LogP contribution in [0.2, 0.25) is 0 Å². The summed E-state index contributed by atoms with van der Waals surface area (Å²) < 4.78 is 0. The van der Waals surface area contributed by atoms with Crippen molar-refractivity contribution < 1.29 is 9.59 Å². The number of para-hydroxylation sites is 1. The summed E-state index contributed by atoms with van der Waals surface area (Å²) in [7, 11) is 0. The van der Waals surface area contributed by atoms with Crippen molar-refractivity contribution in [3.05, 3.63) is 48.8 Å². The standard InChI is InChI=1S/C19H24N4O2/c1-14(2)18(24)21-10-5-11-22-19(25)23-17-7-4-3-6-16(17)15-8-12-20-13-9-15/h3-4,6-9,12-14H,5,10-11H2,1-2H3,(H,21,24)(H2,22,23,25). The number of nitrogens with zero attached hydrogens (tertiary/aromatic N) is 1. The molecule has 2 aromatic rings.